The van der Waals surface area contributed by atoms with E-state index in [0.717, 1.165) is 0 Å². The van der Waals surface area contributed by atoms with E-state index in [1.165, 1.54) is 12.1 Å². The van der Waals surface area contributed by atoms with Crippen molar-refractivity contribution in [2.24, 2.45) is 11.1 Å². The van der Waals surface area contributed by atoms with Crippen LogP contribution < -0.4 is 5.73 Å². The summed E-state index contributed by atoms with van der Waals surface area (Å²) in [5.41, 5.74) is 6.31. The first kappa shape index (κ1) is 25.1. The SMILES string of the molecule is CN(CC(C)(C)CN)C(=O)C(c1cccc(F)c1)N1CCOCC1.Cl.Cl. The number of hydrogen-bond donors (Lipinski definition) is 1. The molecular formula is C18H30Cl2FN3O2. The zero-order chi connectivity index (χ0) is 17.7. The van der Waals surface area contributed by atoms with Gasteiger partial charge < -0.3 is 15.4 Å². The van der Waals surface area contributed by atoms with Crippen LogP contribution >= 0.6 is 24.8 Å². The standard InChI is InChI=1S/C18H28FN3O2.2ClH/c1-18(2,12-20)13-21(3)17(23)16(22-7-9-24-10-8-22)14-5-4-6-15(19)11-14;;/h4-6,11,16H,7-10,12-13,20H2,1-3H3;2*1H. The largest absolute Gasteiger partial charge is 0.379 e. The topological polar surface area (TPSA) is 58.8 Å². The summed E-state index contributed by atoms with van der Waals surface area (Å²) in [5.74, 6) is -0.368. The molecule has 2 N–H and O–H groups in total. The van der Waals surface area contributed by atoms with E-state index in [4.69, 9.17) is 10.5 Å². The predicted molar refractivity (Wildman–Crippen MR) is 107 cm³/mol. The van der Waals surface area contributed by atoms with Gasteiger partial charge in [-0.05, 0) is 29.7 Å². The van der Waals surface area contributed by atoms with Crippen LogP contribution in [-0.2, 0) is 9.53 Å². The number of nitrogens with two attached hydrogens (primary N) is 1. The van der Waals surface area contributed by atoms with E-state index in [-0.39, 0.29) is 42.0 Å². The second-order valence-corrected chi connectivity index (χ2v) is 7.17. The molecule has 0 saturated carbocycles. The van der Waals surface area contributed by atoms with E-state index in [1.807, 2.05) is 19.9 Å². The predicted octanol–water partition coefficient (Wildman–Crippen LogP) is 2.49. The third-order valence-electron chi connectivity index (χ3n) is 4.40. The maximum Gasteiger partial charge on any atom is 0.244 e. The zero-order valence-electron chi connectivity index (χ0n) is 15.6. The van der Waals surface area contributed by atoms with Crippen molar-refractivity contribution in [3.05, 3.63) is 35.6 Å². The van der Waals surface area contributed by atoms with Gasteiger partial charge in [0.05, 0.1) is 13.2 Å². The molecule has 1 aliphatic rings. The van der Waals surface area contributed by atoms with Crippen LogP contribution in [0.15, 0.2) is 24.3 Å². The van der Waals surface area contributed by atoms with Crippen LogP contribution in [0, 0.1) is 11.2 Å². The van der Waals surface area contributed by atoms with Crippen molar-refractivity contribution in [3.63, 3.8) is 0 Å². The van der Waals surface area contributed by atoms with Crippen molar-refractivity contribution < 1.29 is 13.9 Å². The molecule has 1 amide bonds. The van der Waals surface area contributed by atoms with E-state index >= 15 is 0 Å². The molecule has 1 aromatic carbocycles. The lowest BCUT2D eigenvalue weighted by molar-refractivity contribution is -0.139. The van der Waals surface area contributed by atoms with Gasteiger partial charge in [0.1, 0.15) is 11.9 Å². The fourth-order valence-corrected chi connectivity index (χ4v) is 3.02. The minimum absolute atomic E-state index is 0. The minimum Gasteiger partial charge on any atom is -0.379 e. The highest BCUT2D eigenvalue weighted by atomic mass is 35.5. The van der Waals surface area contributed by atoms with Gasteiger partial charge in [-0.25, -0.2) is 4.39 Å². The molecule has 1 unspecified atom stereocenters. The molecule has 1 aliphatic heterocycles. The average molecular weight is 410 g/mol. The van der Waals surface area contributed by atoms with Gasteiger partial charge in [-0.1, -0.05) is 26.0 Å². The van der Waals surface area contributed by atoms with Crippen LogP contribution in [0.2, 0.25) is 0 Å². The lowest BCUT2D eigenvalue weighted by Crippen LogP contribution is -2.48. The normalized spacial score (nSPS) is 16.2. The second-order valence-electron chi connectivity index (χ2n) is 7.17. The molecule has 0 spiro atoms. The average Bonchev–Trinajstić information content (AvgIpc) is 2.55. The Morgan fingerprint density at radius 2 is 1.96 bits per heavy atom. The van der Waals surface area contributed by atoms with Crippen LogP contribution in [0.5, 0.6) is 0 Å². The molecule has 5 nitrogen and oxygen atoms in total. The fourth-order valence-electron chi connectivity index (χ4n) is 3.02. The molecule has 0 aliphatic carbocycles. The lowest BCUT2D eigenvalue weighted by atomic mass is 9.92. The summed E-state index contributed by atoms with van der Waals surface area (Å²) in [6.45, 7) is 7.58. The number of amides is 1. The van der Waals surface area contributed by atoms with E-state index in [1.54, 1.807) is 18.0 Å². The fraction of sp³-hybridized carbons (Fsp3) is 0.611. The molecule has 0 radical (unpaired) electrons. The number of hydrogen-bond acceptors (Lipinski definition) is 4. The number of carbonyl (C=O) groups is 1. The number of halogens is 3. The molecule has 150 valence electrons. The quantitative estimate of drug-likeness (QED) is 0.783. The van der Waals surface area contributed by atoms with Crippen molar-refractivity contribution in [2.75, 3.05) is 46.4 Å². The third kappa shape index (κ3) is 6.67. The van der Waals surface area contributed by atoms with E-state index in [2.05, 4.69) is 4.90 Å². The van der Waals surface area contributed by atoms with Crippen molar-refractivity contribution in [3.8, 4) is 0 Å². The maximum atomic E-state index is 13.7. The molecule has 0 bridgehead atoms. The Morgan fingerprint density at radius 1 is 1.35 bits per heavy atom. The van der Waals surface area contributed by atoms with Crippen molar-refractivity contribution in [1.82, 2.24) is 9.80 Å². The van der Waals surface area contributed by atoms with Crippen molar-refractivity contribution >= 4 is 30.7 Å². The summed E-state index contributed by atoms with van der Waals surface area (Å²) >= 11 is 0. The van der Waals surface area contributed by atoms with E-state index < -0.39 is 6.04 Å². The van der Waals surface area contributed by atoms with Gasteiger partial charge in [-0.15, -0.1) is 24.8 Å². The molecule has 1 aromatic rings. The highest BCUT2D eigenvalue weighted by molar-refractivity contribution is 5.85. The number of nitrogens with zero attached hydrogens (tertiary/aromatic N) is 2. The van der Waals surface area contributed by atoms with Gasteiger partial charge in [-0.2, -0.15) is 0 Å². The second kappa shape index (κ2) is 11.0. The molecule has 8 heteroatoms. The Morgan fingerprint density at radius 3 is 2.50 bits per heavy atom. The summed E-state index contributed by atoms with van der Waals surface area (Å²) < 4.78 is 19.1. The first-order valence-electron chi connectivity index (χ1n) is 8.36. The molecule has 1 heterocycles. The maximum absolute atomic E-state index is 13.7. The summed E-state index contributed by atoms with van der Waals surface area (Å²) in [7, 11) is 1.78. The minimum atomic E-state index is -0.497. The van der Waals surface area contributed by atoms with Gasteiger partial charge in [0.2, 0.25) is 5.91 Å². The highest BCUT2D eigenvalue weighted by Crippen LogP contribution is 2.26. The van der Waals surface area contributed by atoms with Gasteiger partial charge in [0.25, 0.3) is 0 Å². The Bertz CT molecular complexity index is 569. The Hall–Kier alpha value is -0.920. The Balaban J connectivity index is 0.00000312. The summed E-state index contributed by atoms with van der Waals surface area (Å²) in [4.78, 5) is 16.9. The van der Waals surface area contributed by atoms with Crippen LogP contribution in [0.3, 0.4) is 0 Å². The monoisotopic (exact) mass is 409 g/mol. The van der Waals surface area contributed by atoms with Gasteiger partial charge >= 0.3 is 0 Å². The zero-order valence-corrected chi connectivity index (χ0v) is 17.2. The van der Waals surface area contributed by atoms with Crippen LogP contribution in [-0.4, -0.2) is 62.1 Å². The van der Waals surface area contributed by atoms with Gasteiger partial charge in [0, 0.05) is 26.7 Å². The van der Waals surface area contributed by atoms with Crippen LogP contribution in [0.1, 0.15) is 25.5 Å². The van der Waals surface area contributed by atoms with Crippen molar-refractivity contribution in [2.45, 2.75) is 19.9 Å². The number of carbonyl (C=O) groups excluding carboxylic acids is 1. The molecule has 1 atom stereocenters. The van der Waals surface area contributed by atoms with Gasteiger partial charge in [-0.3, -0.25) is 9.69 Å². The molecule has 1 fully saturated rings. The molecule has 26 heavy (non-hydrogen) atoms. The molecular weight excluding hydrogens is 380 g/mol. The van der Waals surface area contributed by atoms with E-state index in [9.17, 15) is 9.18 Å². The summed E-state index contributed by atoms with van der Waals surface area (Å²) in [6.07, 6.45) is 0. The third-order valence-corrected chi connectivity index (χ3v) is 4.40. The van der Waals surface area contributed by atoms with Crippen molar-refractivity contribution in [1.29, 1.82) is 0 Å². The number of morpholine rings is 1. The number of ether oxygens (including phenoxy) is 1. The Kier molecular flexibility index (Phi) is 10.7. The lowest BCUT2D eigenvalue weighted by Gasteiger charge is -2.37. The number of rotatable bonds is 6. The molecule has 1 saturated heterocycles. The Labute approximate surface area is 167 Å². The number of likely N-dealkylation sites (N-methyl/N-ethyl adjacent to an activating group) is 1. The summed E-state index contributed by atoms with van der Waals surface area (Å²) in [5, 5.41) is 0. The highest BCUT2D eigenvalue weighted by Gasteiger charge is 2.33. The van der Waals surface area contributed by atoms with E-state index in [0.29, 0.717) is 45.0 Å². The molecule has 2 rings (SSSR count). The van der Waals surface area contributed by atoms with Crippen LogP contribution in [0.25, 0.3) is 0 Å². The summed E-state index contributed by atoms with van der Waals surface area (Å²) in [6, 6.07) is 5.80. The first-order chi connectivity index (χ1) is 11.3. The molecule has 0 aromatic heterocycles. The van der Waals surface area contributed by atoms with Crippen LogP contribution in [0.4, 0.5) is 4.39 Å². The smallest absolute Gasteiger partial charge is 0.244 e. The number of benzene rings is 1. The first-order valence-corrected chi connectivity index (χ1v) is 8.36. The van der Waals surface area contributed by atoms with Gasteiger partial charge in [0.15, 0.2) is 0 Å².